The second-order valence-electron chi connectivity index (χ2n) is 5.24. The molecule has 0 aliphatic heterocycles. The number of carbonyl (C=O) groups excluding carboxylic acids is 1. The molecule has 0 spiro atoms. The summed E-state index contributed by atoms with van der Waals surface area (Å²) in [4.78, 5) is 18.2. The molecule has 0 unspecified atom stereocenters. The highest BCUT2D eigenvalue weighted by atomic mass is 35.5. The van der Waals surface area contributed by atoms with Crippen LogP contribution in [0, 0.1) is 0 Å². The fourth-order valence-electron chi connectivity index (χ4n) is 1.72. The van der Waals surface area contributed by atoms with Gasteiger partial charge < -0.3 is 15.6 Å². The van der Waals surface area contributed by atoms with E-state index < -0.39 is 0 Å². The summed E-state index contributed by atoms with van der Waals surface area (Å²) in [5, 5.41) is 3.18. The van der Waals surface area contributed by atoms with Crippen LogP contribution >= 0.6 is 11.6 Å². The maximum absolute atomic E-state index is 11.9. The van der Waals surface area contributed by atoms with E-state index in [2.05, 4.69) is 41.5 Å². The summed E-state index contributed by atoms with van der Waals surface area (Å²) in [5.74, 6) is 5.41. The van der Waals surface area contributed by atoms with Crippen LogP contribution in [0.25, 0.3) is 0 Å². The first-order chi connectivity index (χ1) is 9.95. The number of hydrogen-bond donors (Lipinski definition) is 3. The number of rotatable bonds is 8. The number of nitrogens with zero attached hydrogens (tertiary/aromatic N) is 2. The lowest BCUT2D eigenvalue weighted by Gasteiger charge is -2.20. The first-order valence-corrected chi connectivity index (χ1v) is 7.44. The summed E-state index contributed by atoms with van der Waals surface area (Å²) in [5.41, 5.74) is 2.79. The van der Waals surface area contributed by atoms with E-state index in [-0.39, 0.29) is 5.91 Å². The zero-order valence-corrected chi connectivity index (χ0v) is 13.6. The molecule has 0 radical (unpaired) electrons. The van der Waals surface area contributed by atoms with Crippen LogP contribution in [0.4, 0.5) is 5.82 Å². The van der Waals surface area contributed by atoms with Crippen LogP contribution in [0.2, 0.25) is 5.02 Å². The molecule has 0 aliphatic carbocycles. The fraction of sp³-hybridized carbons (Fsp3) is 0.571. The predicted molar refractivity (Wildman–Crippen MR) is 86.4 cm³/mol. The van der Waals surface area contributed by atoms with Crippen LogP contribution in [0.15, 0.2) is 12.3 Å². The van der Waals surface area contributed by atoms with Gasteiger partial charge in [0, 0.05) is 18.8 Å². The van der Waals surface area contributed by atoms with Crippen LogP contribution in [0.3, 0.4) is 0 Å². The second-order valence-corrected chi connectivity index (χ2v) is 5.64. The number of hydrazine groups is 1. The van der Waals surface area contributed by atoms with E-state index >= 15 is 0 Å². The topological polar surface area (TPSA) is 83.3 Å². The summed E-state index contributed by atoms with van der Waals surface area (Å²) in [6.07, 6.45) is 3.43. The molecule has 118 valence electrons. The Hall–Kier alpha value is -1.37. The lowest BCUT2D eigenvalue weighted by molar-refractivity contribution is 0.0952. The lowest BCUT2D eigenvalue weighted by Crippen LogP contribution is -2.29. The SMILES string of the molecule is CC(C)N(C)CCCCNC(=O)c1cnc(NN)c(Cl)c1. The summed E-state index contributed by atoms with van der Waals surface area (Å²) in [6.45, 7) is 5.99. The van der Waals surface area contributed by atoms with Crippen LogP contribution in [-0.2, 0) is 0 Å². The van der Waals surface area contributed by atoms with Crippen LogP contribution < -0.4 is 16.6 Å². The third-order valence-electron chi connectivity index (χ3n) is 3.34. The maximum Gasteiger partial charge on any atom is 0.252 e. The Kier molecular flexibility index (Phi) is 7.42. The first kappa shape index (κ1) is 17.7. The minimum atomic E-state index is -0.176. The van der Waals surface area contributed by atoms with E-state index in [1.165, 1.54) is 6.20 Å². The van der Waals surface area contributed by atoms with Crippen molar-refractivity contribution in [3.8, 4) is 0 Å². The maximum atomic E-state index is 11.9. The highest BCUT2D eigenvalue weighted by molar-refractivity contribution is 6.33. The van der Waals surface area contributed by atoms with Gasteiger partial charge in [0.25, 0.3) is 5.91 Å². The molecule has 0 atom stereocenters. The molecule has 6 nitrogen and oxygen atoms in total. The number of pyridine rings is 1. The predicted octanol–water partition coefficient (Wildman–Crippen LogP) is 1.87. The summed E-state index contributed by atoms with van der Waals surface area (Å²) >= 11 is 5.93. The van der Waals surface area contributed by atoms with Crippen molar-refractivity contribution in [2.24, 2.45) is 5.84 Å². The van der Waals surface area contributed by atoms with Gasteiger partial charge in [-0.15, -0.1) is 0 Å². The van der Waals surface area contributed by atoms with Gasteiger partial charge in [-0.25, -0.2) is 10.8 Å². The Morgan fingerprint density at radius 3 is 2.76 bits per heavy atom. The Morgan fingerprint density at radius 2 is 2.19 bits per heavy atom. The lowest BCUT2D eigenvalue weighted by atomic mass is 10.2. The fourth-order valence-corrected chi connectivity index (χ4v) is 1.94. The molecule has 1 aromatic heterocycles. The van der Waals surface area contributed by atoms with Crippen molar-refractivity contribution in [2.75, 3.05) is 25.6 Å². The van der Waals surface area contributed by atoms with Gasteiger partial charge in [-0.1, -0.05) is 11.6 Å². The van der Waals surface area contributed by atoms with E-state index in [0.717, 1.165) is 19.4 Å². The van der Waals surface area contributed by atoms with Crippen molar-refractivity contribution in [3.63, 3.8) is 0 Å². The third-order valence-corrected chi connectivity index (χ3v) is 3.63. The van der Waals surface area contributed by atoms with E-state index in [0.29, 0.717) is 29.0 Å². The third kappa shape index (κ3) is 5.87. The number of aromatic nitrogens is 1. The first-order valence-electron chi connectivity index (χ1n) is 7.06. The van der Waals surface area contributed by atoms with Gasteiger partial charge in [-0.05, 0) is 46.3 Å². The molecule has 1 amide bonds. The zero-order chi connectivity index (χ0) is 15.8. The smallest absolute Gasteiger partial charge is 0.252 e. The highest BCUT2D eigenvalue weighted by Gasteiger charge is 2.09. The molecule has 1 rings (SSSR count). The number of halogens is 1. The Balaban J connectivity index is 2.33. The largest absolute Gasteiger partial charge is 0.352 e. The number of nitrogen functional groups attached to an aromatic ring is 1. The molecule has 0 bridgehead atoms. The zero-order valence-electron chi connectivity index (χ0n) is 12.8. The molecule has 0 aliphatic rings. The summed E-state index contributed by atoms with van der Waals surface area (Å²) in [6, 6.07) is 2.09. The molecule has 0 fully saturated rings. The van der Waals surface area contributed by atoms with E-state index in [1.807, 2.05) is 0 Å². The van der Waals surface area contributed by atoms with Crippen molar-refractivity contribution >= 4 is 23.3 Å². The Morgan fingerprint density at radius 1 is 1.48 bits per heavy atom. The minimum absolute atomic E-state index is 0.176. The van der Waals surface area contributed by atoms with Gasteiger partial charge in [0.1, 0.15) is 0 Å². The molecule has 4 N–H and O–H groups in total. The van der Waals surface area contributed by atoms with Crippen molar-refractivity contribution in [1.82, 2.24) is 15.2 Å². The quantitative estimate of drug-likeness (QED) is 0.388. The molecule has 21 heavy (non-hydrogen) atoms. The van der Waals surface area contributed by atoms with Crippen LogP contribution in [0.1, 0.15) is 37.0 Å². The summed E-state index contributed by atoms with van der Waals surface area (Å²) in [7, 11) is 2.10. The number of anilines is 1. The number of unbranched alkanes of at least 4 members (excludes halogenated alkanes) is 1. The minimum Gasteiger partial charge on any atom is -0.352 e. The number of amides is 1. The van der Waals surface area contributed by atoms with Gasteiger partial charge in [0.15, 0.2) is 5.82 Å². The molecular formula is C14H24ClN5O. The van der Waals surface area contributed by atoms with Gasteiger partial charge in [0.2, 0.25) is 0 Å². The monoisotopic (exact) mass is 313 g/mol. The number of nitrogens with one attached hydrogen (secondary N) is 2. The molecule has 0 saturated heterocycles. The van der Waals surface area contributed by atoms with Gasteiger partial charge in [-0.3, -0.25) is 4.79 Å². The average molecular weight is 314 g/mol. The van der Waals surface area contributed by atoms with Gasteiger partial charge in [0.05, 0.1) is 10.6 Å². The second kappa shape index (κ2) is 8.81. The Bertz CT molecular complexity index is 467. The van der Waals surface area contributed by atoms with Crippen LogP contribution in [0.5, 0.6) is 0 Å². The molecular weight excluding hydrogens is 290 g/mol. The van der Waals surface area contributed by atoms with Gasteiger partial charge in [-0.2, -0.15) is 0 Å². The van der Waals surface area contributed by atoms with E-state index in [4.69, 9.17) is 17.4 Å². The molecule has 0 saturated carbocycles. The molecule has 1 aromatic rings. The number of carbonyl (C=O) groups is 1. The van der Waals surface area contributed by atoms with E-state index in [1.54, 1.807) is 6.07 Å². The molecule has 7 heteroatoms. The standard InChI is InChI=1S/C14H24ClN5O/c1-10(2)20(3)7-5-4-6-17-14(21)11-8-12(15)13(19-16)18-9-11/h8-10H,4-7,16H2,1-3H3,(H,17,21)(H,18,19). The van der Waals surface area contributed by atoms with Crippen LogP contribution in [-0.4, -0.2) is 42.0 Å². The van der Waals surface area contributed by atoms with E-state index in [9.17, 15) is 4.79 Å². The van der Waals surface area contributed by atoms with Crippen molar-refractivity contribution in [3.05, 3.63) is 22.8 Å². The van der Waals surface area contributed by atoms with Crippen molar-refractivity contribution in [2.45, 2.75) is 32.7 Å². The van der Waals surface area contributed by atoms with Crippen molar-refractivity contribution < 1.29 is 4.79 Å². The molecule has 1 heterocycles. The summed E-state index contributed by atoms with van der Waals surface area (Å²) < 4.78 is 0. The number of hydrogen-bond acceptors (Lipinski definition) is 5. The normalized spacial score (nSPS) is 11.0. The van der Waals surface area contributed by atoms with Gasteiger partial charge >= 0.3 is 0 Å². The number of nitrogens with two attached hydrogens (primary N) is 1. The Labute approximate surface area is 131 Å². The highest BCUT2D eigenvalue weighted by Crippen LogP contribution is 2.18. The molecule has 0 aromatic carbocycles. The van der Waals surface area contributed by atoms with Crippen molar-refractivity contribution in [1.29, 1.82) is 0 Å². The average Bonchev–Trinajstić information content (AvgIpc) is 2.46.